The average Bonchev–Trinajstić information content (AvgIpc) is 2.77. The van der Waals surface area contributed by atoms with E-state index < -0.39 is 0 Å². The van der Waals surface area contributed by atoms with Crippen molar-refractivity contribution in [1.82, 2.24) is 4.90 Å². The number of hydrogen-bond acceptors (Lipinski definition) is 4. The van der Waals surface area contributed by atoms with Crippen molar-refractivity contribution in [3.63, 3.8) is 0 Å². The second-order valence-corrected chi connectivity index (χ2v) is 5.12. The van der Waals surface area contributed by atoms with Crippen LogP contribution in [0, 0.1) is 0 Å². The number of rotatable bonds is 3. The van der Waals surface area contributed by atoms with Gasteiger partial charge in [-0.3, -0.25) is 4.79 Å². The lowest BCUT2D eigenvalue weighted by Gasteiger charge is -2.20. The summed E-state index contributed by atoms with van der Waals surface area (Å²) in [6.45, 7) is 2.80. The molecule has 1 amide bonds. The topological polar surface area (TPSA) is 67.6 Å². The Morgan fingerprint density at radius 2 is 2.21 bits per heavy atom. The molecule has 104 valence electrons. The minimum atomic E-state index is -0.0289. The zero-order chi connectivity index (χ0) is 14.0. The van der Waals surface area contributed by atoms with Crippen LogP contribution in [0.5, 0.6) is 0 Å². The molecule has 1 fully saturated rings. The highest BCUT2D eigenvalue weighted by Gasteiger charge is 2.24. The predicted molar refractivity (Wildman–Crippen MR) is 76.3 cm³/mol. The molecule has 2 atom stereocenters. The number of ether oxygens (including phenoxy) is 1. The van der Waals surface area contributed by atoms with Gasteiger partial charge in [-0.1, -0.05) is 0 Å². The first-order valence-electron chi connectivity index (χ1n) is 6.48. The number of hydrogen-bond donors (Lipinski definition) is 2. The number of nitrogens with one attached hydrogen (secondary N) is 1. The monoisotopic (exact) mass is 263 g/mol. The maximum absolute atomic E-state index is 11.9. The lowest BCUT2D eigenvalue weighted by Crippen LogP contribution is -2.27. The molecule has 1 heterocycles. The molecule has 5 heteroatoms. The quantitative estimate of drug-likeness (QED) is 0.812. The van der Waals surface area contributed by atoms with Gasteiger partial charge in [0.05, 0.1) is 23.5 Å². The summed E-state index contributed by atoms with van der Waals surface area (Å²) in [5.74, 6) is -0.0289. The second-order valence-electron chi connectivity index (χ2n) is 5.12. The van der Waals surface area contributed by atoms with E-state index in [4.69, 9.17) is 10.5 Å². The molecule has 3 N–H and O–H groups in total. The largest absolute Gasteiger partial charge is 0.397 e. The number of carbonyl (C=O) groups is 1. The van der Waals surface area contributed by atoms with Gasteiger partial charge < -0.3 is 20.7 Å². The van der Waals surface area contributed by atoms with Crippen molar-refractivity contribution in [3.8, 4) is 0 Å². The predicted octanol–water partition coefficient (Wildman–Crippen LogP) is 1.56. The first kappa shape index (κ1) is 13.7. The molecule has 0 bridgehead atoms. The highest BCUT2D eigenvalue weighted by atomic mass is 16.5. The van der Waals surface area contributed by atoms with Gasteiger partial charge in [-0.15, -0.1) is 0 Å². The Labute approximate surface area is 113 Å². The molecular weight excluding hydrogens is 242 g/mol. The van der Waals surface area contributed by atoms with Crippen LogP contribution in [-0.4, -0.2) is 43.7 Å². The molecule has 1 aliphatic rings. The molecule has 19 heavy (non-hydrogen) atoms. The van der Waals surface area contributed by atoms with Crippen molar-refractivity contribution in [1.29, 1.82) is 0 Å². The molecule has 0 aliphatic carbocycles. The Morgan fingerprint density at radius 3 is 2.79 bits per heavy atom. The molecule has 2 rings (SSSR count). The van der Waals surface area contributed by atoms with Crippen LogP contribution in [0.15, 0.2) is 18.2 Å². The fourth-order valence-electron chi connectivity index (χ4n) is 2.19. The minimum Gasteiger partial charge on any atom is -0.397 e. The number of benzene rings is 1. The van der Waals surface area contributed by atoms with E-state index in [0.29, 0.717) is 11.3 Å². The Bertz CT molecular complexity index is 474. The Kier molecular flexibility index (Phi) is 3.95. The maximum Gasteiger partial charge on any atom is 0.253 e. The Morgan fingerprint density at radius 1 is 1.47 bits per heavy atom. The first-order chi connectivity index (χ1) is 8.99. The average molecular weight is 263 g/mol. The summed E-state index contributed by atoms with van der Waals surface area (Å²) in [4.78, 5) is 13.5. The fourth-order valence-corrected chi connectivity index (χ4v) is 2.19. The first-order valence-corrected chi connectivity index (χ1v) is 6.48. The summed E-state index contributed by atoms with van der Waals surface area (Å²) < 4.78 is 5.51. The van der Waals surface area contributed by atoms with E-state index in [-0.39, 0.29) is 18.1 Å². The molecule has 1 aliphatic heterocycles. The number of nitrogens with two attached hydrogens (primary N) is 1. The van der Waals surface area contributed by atoms with E-state index in [1.807, 2.05) is 13.0 Å². The van der Waals surface area contributed by atoms with Gasteiger partial charge in [-0.05, 0) is 31.5 Å². The number of amides is 1. The van der Waals surface area contributed by atoms with Crippen LogP contribution in [0.2, 0.25) is 0 Å². The molecule has 5 nitrogen and oxygen atoms in total. The molecule has 1 aromatic rings. The van der Waals surface area contributed by atoms with Gasteiger partial charge in [0.1, 0.15) is 0 Å². The van der Waals surface area contributed by atoms with E-state index in [9.17, 15) is 4.79 Å². The summed E-state index contributed by atoms with van der Waals surface area (Å²) in [6, 6.07) is 5.56. The summed E-state index contributed by atoms with van der Waals surface area (Å²) in [5.41, 5.74) is 8.04. The van der Waals surface area contributed by atoms with Gasteiger partial charge in [0, 0.05) is 26.3 Å². The molecule has 0 spiro atoms. The number of nitrogen functional groups attached to an aromatic ring is 1. The third-order valence-electron chi connectivity index (χ3n) is 3.42. The highest BCUT2D eigenvalue weighted by molar-refractivity contribution is 5.95. The van der Waals surface area contributed by atoms with Gasteiger partial charge in [0.2, 0.25) is 0 Å². The number of nitrogens with zero attached hydrogens (tertiary/aromatic N) is 1. The Balaban J connectivity index is 2.19. The second kappa shape index (κ2) is 5.48. The lowest BCUT2D eigenvalue weighted by atomic mass is 10.1. The molecule has 0 radical (unpaired) electrons. The van der Waals surface area contributed by atoms with Crippen molar-refractivity contribution < 1.29 is 9.53 Å². The highest BCUT2D eigenvalue weighted by Crippen LogP contribution is 2.25. The van der Waals surface area contributed by atoms with Crippen molar-refractivity contribution in [2.75, 3.05) is 31.8 Å². The van der Waals surface area contributed by atoms with Crippen LogP contribution in [0.25, 0.3) is 0 Å². The fraction of sp³-hybridized carbons (Fsp3) is 0.500. The van der Waals surface area contributed by atoms with E-state index >= 15 is 0 Å². The van der Waals surface area contributed by atoms with E-state index in [2.05, 4.69) is 5.32 Å². The summed E-state index contributed by atoms with van der Waals surface area (Å²) in [6.07, 6.45) is 1.11. The molecular formula is C14H21N3O2. The van der Waals surface area contributed by atoms with Gasteiger partial charge in [0.15, 0.2) is 0 Å². The van der Waals surface area contributed by atoms with E-state index in [1.165, 1.54) is 0 Å². The van der Waals surface area contributed by atoms with Crippen molar-refractivity contribution in [2.24, 2.45) is 0 Å². The molecule has 1 saturated heterocycles. The zero-order valence-electron chi connectivity index (χ0n) is 11.6. The molecule has 0 aromatic heterocycles. The third kappa shape index (κ3) is 2.98. The van der Waals surface area contributed by atoms with Crippen LogP contribution in [0.3, 0.4) is 0 Å². The Hall–Kier alpha value is -1.75. The molecule has 1 aromatic carbocycles. The number of anilines is 2. The van der Waals surface area contributed by atoms with Gasteiger partial charge >= 0.3 is 0 Å². The van der Waals surface area contributed by atoms with Crippen LogP contribution < -0.4 is 11.1 Å². The SMILES string of the molecule is CC1OCCC1Nc1cc(C(=O)N(C)C)ccc1N. The summed E-state index contributed by atoms with van der Waals surface area (Å²) >= 11 is 0. The minimum absolute atomic E-state index is 0.0289. The van der Waals surface area contributed by atoms with Crippen LogP contribution in [-0.2, 0) is 4.74 Å². The van der Waals surface area contributed by atoms with Crippen LogP contribution in [0.1, 0.15) is 23.7 Å². The molecule has 2 unspecified atom stereocenters. The third-order valence-corrected chi connectivity index (χ3v) is 3.42. The van der Waals surface area contributed by atoms with Crippen molar-refractivity contribution >= 4 is 17.3 Å². The van der Waals surface area contributed by atoms with Gasteiger partial charge in [-0.2, -0.15) is 0 Å². The normalized spacial score (nSPS) is 22.3. The lowest BCUT2D eigenvalue weighted by molar-refractivity contribution is 0.0827. The smallest absolute Gasteiger partial charge is 0.253 e. The van der Waals surface area contributed by atoms with E-state index in [1.54, 1.807) is 31.1 Å². The molecule has 0 saturated carbocycles. The van der Waals surface area contributed by atoms with Crippen molar-refractivity contribution in [3.05, 3.63) is 23.8 Å². The van der Waals surface area contributed by atoms with Gasteiger partial charge in [0.25, 0.3) is 5.91 Å². The van der Waals surface area contributed by atoms with Gasteiger partial charge in [-0.25, -0.2) is 0 Å². The van der Waals surface area contributed by atoms with Crippen LogP contribution in [0.4, 0.5) is 11.4 Å². The summed E-state index contributed by atoms with van der Waals surface area (Å²) in [7, 11) is 3.47. The number of carbonyl (C=O) groups excluding carboxylic acids is 1. The zero-order valence-corrected chi connectivity index (χ0v) is 11.6. The van der Waals surface area contributed by atoms with Crippen LogP contribution >= 0.6 is 0 Å². The van der Waals surface area contributed by atoms with E-state index in [0.717, 1.165) is 18.7 Å². The standard InChI is InChI=1S/C14H21N3O2/c1-9-12(6-7-19-9)16-13-8-10(4-5-11(13)15)14(18)17(2)3/h4-5,8-9,12,16H,6-7,15H2,1-3H3. The van der Waals surface area contributed by atoms with Crippen molar-refractivity contribution in [2.45, 2.75) is 25.5 Å². The maximum atomic E-state index is 11.9. The summed E-state index contributed by atoms with van der Waals surface area (Å²) in [5, 5.41) is 3.37.